The maximum absolute atomic E-state index is 11.2. The number of fused-ring (bicyclic) bond motifs is 1. The Balaban J connectivity index is 2.00. The lowest BCUT2D eigenvalue weighted by Crippen LogP contribution is -2.16. The molecule has 0 saturated carbocycles. The second kappa shape index (κ2) is 4.51. The van der Waals surface area contributed by atoms with Crippen LogP contribution in [0.25, 0.3) is 0 Å². The van der Waals surface area contributed by atoms with Crippen molar-refractivity contribution < 1.29 is 28.8 Å². The zero-order valence-corrected chi connectivity index (χ0v) is 10.0. The van der Waals surface area contributed by atoms with E-state index < -0.39 is 5.97 Å². The summed E-state index contributed by atoms with van der Waals surface area (Å²) in [5.74, 6) is -0.221. The standard InChI is InChI=1S/C12H13NO6/c13-9-7(12(14)15)3-8(10-11(9)18-5-17-10)19-6-1-2-16-4-6/h3,6H,1-2,4-5,13H2,(H,14,15)/t6-/m0/s1. The van der Waals surface area contributed by atoms with Gasteiger partial charge in [0.25, 0.3) is 0 Å². The van der Waals surface area contributed by atoms with Crippen LogP contribution in [0.5, 0.6) is 17.2 Å². The van der Waals surface area contributed by atoms with Gasteiger partial charge in [-0.3, -0.25) is 0 Å². The summed E-state index contributed by atoms with van der Waals surface area (Å²) in [6.45, 7) is 1.10. The number of carboxylic acids is 1. The van der Waals surface area contributed by atoms with Gasteiger partial charge >= 0.3 is 5.97 Å². The van der Waals surface area contributed by atoms with Crippen molar-refractivity contribution >= 4 is 11.7 Å². The highest BCUT2D eigenvalue weighted by Crippen LogP contribution is 2.47. The lowest BCUT2D eigenvalue weighted by Gasteiger charge is -2.15. The van der Waals surface area contributed by atoms with Crippen molar-refractivity contribution in [3.05, 3.63) is 11.6 Å². The molecule has 7 nitrogen and oxygen atoms in total. The number of aromatic carboxylic acids is 1. The molecule has 3 rings (SSSR count). The van der Waals surface area contributed by atoms with Crippen LogP contribution in [0.2, 0.25) is 0 Å². The van der Waals surface area contributed by atoms with Crippen LogP contribution < -0.4 is 19.9 Å². The van der Waals surface area contributed by atoms with E-state index in [4.69, 9.17) is 29.8 Å². The molecule has 2 aliphatic rings. The van der Waals surface area contributed by atoms with Crippen LogP contribution in [0.15, 0.2) is 6.07 Å². The van der Waals surface area contributed by atoms with Gasteiger partial charge < -0.3 is 29.8 Å². The second-order valence-corrected chi connectivity index (χ2v) is 4.31. The first-order valence-corrected chi connectivity index (χ1v) is 5.86. The molecule has 102 valence electrons. The van der Waals surface area contributed by atoms with E-state index >= 15 is 0 Å². The monoisotopic (exact) mass is 267 g/mol. The SMILES string of the molecule is Nc1c(C(=O)O)cc(O[C@H]2CCOC2)c2c1OCO2. The maximum atomic E-state index is 11.2. The molecule has 0 radical (unpaired) electrons. The molecule has 1 aromatic carbocycles. The summed E-state index contributed by atoms with van der Waals surface area (Å²) in [6, 6.07) is 1.36. The minimum atomic E-state index is -1.14. The third-order valence-electron chi connectivity index (χ3n) is 3.06. The van der Waals surface area contributed by atoms with E-state index in [9.17, 15) is 4.79 Å². The van der Waals surface area contributed by atoms with Gasteiger partial charge in [0.15, 0.2) is 11.5 Å². The summed E-state index contributed by atoms with van der Waals surface area (Å²) in [5.41, 5.74) is 5.74. The molecule has 2 heterocycles. The summed E-state index contributed by atoms with van der Waals surface area (Å²) in [5, 5.41) is 9.13. The van der Waals surface area contributed by atoms with Gasteiger partial charge in [-0.1, -0.05) is 0 Å². The Labute approximate surface area is 108 Å². The molecule has 0 unspecified atom stereocenters. The van der Waals surface area contributed by atoms with Gasteiger partial charge in [0.2, 0.25) is 12.5 Å². The van der Waals surface area contributed by atoms with Crippen LogP contribution in [0.3, 0.4) is 0 Å². The molecular weight excluding hydrogens is 254 g/mol. The van der Waals surface area contributed by atoms with E-state index in [1.54, 1.807) is 0 Å². The molecule has 3 N–H and O–H groups in total. The largest absolute Gasteiger partial charge is 0.484 e. The van der Waals surface area contributed by atoms with Crippen molar-refractivity contribution in [1.82, 2.24) is 0 Å². The second-order valence-electron chi connectivity index (χ2n) is 4.31. The Morgan fingerprint density at radius 2 is 2.21 bits per heavy atom. The van der Waals surface area contributed by atoms with Crippen LogP contribution in [0, 0.1) is 0 Å². The van der Waals surface area contributed by atoms with Gasteiger partial charge in [-0.2, -0.15) is 0 Å². The summed E-state index contributed by atoms with van der Waals surface area (Å²) >= 11 is 0. The van der Waals surface area contributed by atoms with E-state index in [1.807, 2.05) is 0 Å². The average Bonchev–Trinajstić information content (AvgIpc) is 3.02. The minimum absolute atomic E-state index is 0.000131. The van der Waals surface area contributed by atoms with Crippen LogP contribution in [-0.2, 0) is 4.74 Å². The first kappa shape index (κ1) is 11.9. The van der Waals surface area contributed by atoms with E-state index in [-0.39, 0.29) is 29.9 Å². The number of hydrogen-bond donors (Lipinski definition) is 2. The fraction of sp³-hybridized carbons (Fsp3) is 0.417. The third-order valence-corrected chi connectivity index (χ3v) is 3.06. The smallest absolute Gasteiger partial charge is 0.338 e. The van der Waals surface area contributed by atoms with Crippen LogP contribution >= 0.6 is 0 Å². The number of nitrogen functional groups attached to an aromatic ring is 1. The summed E-state index contributed by atoms with van der Waals surface area (Å²) in [7, 11) is 0. The highest BCUT2D eigenvalue weighted by atomic mass is 16.7. The average molecular weight is 267 g/mol. The number of carbonyl (C=O) groups is 1. The molecule has 1 fully saturated rings. The summed E-state index contributed by atoms with van der Waals surface area (Å²) in [4.78, 5) is 11.2. The molecule has 0 aromatic heterocycles. The summed E-state index contributed by atoms with van der Waals surface area (Å²) < 4.78 is 21.4. The highest BCUT2D eigenvalue weighted by molar-refractivity contribution is 5.97. The third kappa shape index (κ3) is 2.01. The Bertz CT molecular complexity index is 523. The lowest BCUT2D eigenvalue weighted by molar-refractivity contribution is 0.0696. The van der Waals surface area contributed by atoms with E-state index in [0.29, 0.717) is 24.7 Å². The topological polar surface area (TPSA) is 100 Å². The molecule has 0 aliphatic carbocycles. The van der Waals surface area contributed by atoms with Gasteiger partial charge in [0, 0.05) is 12.5 Å². The molecule has 0 bridgehead atoms. The van der Waals surface area contributed by atoms with Gasteiger partial charge in [0.1, 0.15) is 6.10 Å². The van der Waals surface area contributed by atoms with Gasteiger partial charge in [0.05, 0.1) is 24.5 Å². The lowest BCUT2D eigenvalue weighted by atomic mass is 10.1. The fourth-order valence-electron chi connectivity index (χ4n) is 2.11. The number of anilines is 1. The van der Waals surface area contributed by atoms with Gasteiger partial charge in [-0.15, -0.1) is 0 Å². The number of benzene rings is 1. The Morgan fingerprint density at radius 3 is 2.89 bits per heavy atom. The summed E-state index contributed by atoms with van der Waals surface area (Å²) in [6.07, 6.45) is 0.640. The fourth-order valence-corrected chi connectivity index (χ4v) is 2.11. The number of rotatable bonds is 3. The van der Waals surface area contributed by atoms with Crippen LogP contribution in [0.4, 0.5) is 5.69 Å². The Morgan fingerprint density at radius 1 is 1.42 bits per heavy atom. The molecule has 19 heavy (non-hydrogen) atoms. The van der Waals surface area contributed by atoms with Crippen molar-refractivity contribution in [3.63, 3.8) is 0 Å². The quantitative estimate of drug-likeness (QED) is 0.783. The highest BCUT2D eigenvalue weighted by Gasteiger charge is 2.29. The first-order valence-electron chi connectivity index (χ1n) is 5.86. The molecule has 1 saturated heterocycles. The van der Waals surface area contributed by atoms with Crippen molar-refractivity contribution in [3.8, 4) is 17.2 Å². The molecule has 0 spiro atoms. The van der Waals surface area contributed by atoms with Crippen molar-refractivity contribution in [2.75, 3.05) is 25.7 Å². The molecule has 2 aliphatic heterocycles. The maximum Gasteiger partial charge on any atom is 0.338 e. The molecule has 0 amide bonds. The zero-order valence-electron chi connectivity index (χ0n) is 10.0. The molecule has 1 aromatic rings. The van der Waals surface area contributed by atoms with Gasteiger partial charge in [-0.25, -0.2) is 4.79 Å². The normalized spacial score (nSPS) is 20.5. The van der Waals surface area contributed by atoms with Gasteiger partial charge in [-0.05, 0) is 0 Å². The van der Waals surface area contributed by atoms with E-state index in [0.717, 1.165) is 6.42 Å². The van der Waals surface area contributed by atoms with Crippen molar-refractivity contribution in [2.45, 2.75) is 12.5 Å². The number of carboxylic acid groups (broad SMARTS) is 1. The zero-order chi connectivity index (χ0) is 13.4. The van der Waals surface area contributed by atoms with E-state index in [1.165, 1.54) is 6.07 Å². The van der Waals surface area contributed by atoms with Crippen molar-refractivity contribution in [1.29, 1.82) is 0 Å². The number of ether oxygens (including phenoxy) is 4. The molecular formula is C12H13NO6. The number of hydrogen-bond acceptors (Lipinski definition) is 6. The minimum Gasteiger partial charge on any atom is -0.484 e. The van der Waals surface area contributed by atoms with Crippen LogP contribution in [0.1, 0.15) is 16.8 Å². The van der Waals surface area contributed by atoms with Crippen LogP contribution in [-0.4, -0.2) is 37.2 Å². The number of nitrogens with two attached hydrogens (primary N) is 1. The predicted molar refractivity (Wildman–Crippen MR) is 63.8 cm³/mol. The first-order chi connectivity index (χ1) is 9.16. The molecule has 7 heteroatoms. The Hall–Kier alpha value is -2.15. The molecule has 1 atom stereocenters. The Kier molecular flexibility index (Phi) is 2.83. The van der Waals surface area contributed by atoms with Crippen molar-refractivity contribution in [2.24, 2.45) is 0 Å². The van der Waals surface area contributed by atoms with E-state index in [2.05, 4.69) is 0 Å². The predicted octanol–water partition coefficient (Wildman–Crippen LogP) is 0.863.